The van der Waals surface area contributed by atoms with Gasteiger partial charge in [-0.15, -0.1) is 11.3 Å². The molecule has 0 saturated carbocycles. The molecule has 0 spiro atoms. The fraction of sp³-hybridized carbons (Fsp3) is 0.412. The summed E-state index contributed by atoms with van der Waals surface area (Å²) in [4.78, 5) is 1.56. The maximum absolute atomic E-state index is 8.95. The number of halogens is 1. The molecule has 4 heteroatoms. The van der Waals surface area contributed by atoms with Gasteiger partial charge in [-0.2, -0.15) is 0 Å². The normalized spacial score (nSPS) is 17.5. The summed E-state index contributed by atoms with van der Waals surface area (Å²) in [5.74, 6) is 0. The van der Waals surface area contributed by atoms with Crippen LogP contribution in [0.4, 0.5) is 5.69 Å². The van der Waals surface area contributed by atoms with Crippen molar-refractivity contribution in [1.82, 2.24) is 0 Å². The molecule has 2 nitrogen and oxygen atoms in total. The lowest BCUT2D eigenvalue weighted by Crippen LogP contribution is -2.15. The lowest BCUT2D eigenvalue weighted by molar-refractivity contribution is 0.288. The van der Waals surface area contributed by atoms with Crippen molar-refractivity contribution in [2.75, 3.05) is 11.9 Å². The summed E-state index contributed by atoms with van der Waals surface area (Å²) >= 11 is 4.37. The summed E-state index contributed by atoms with van der Waals surface area (Å²) < 4.78 is 1.39. The minimum absolute atomic E-state index is 0.261. The maximum atomic E-state index is 8.95. The van der Waals surface area contributed by atoms with Gasteiger partial charge in [-0.25, -0.2) is 0 Å². The Labute approximate surface area is 143 Å². The number of aliphatic hydroxyl groups is 1. The average molecular weight is 413 g/mol. The Kier molecular flexibility index (Phi) is 5.19. The van der Waals surface area contributed by atoms with Crippen LogP contribution in [0.2, 0.25) is 0 Å². The van der Waals surface area contributed by atoms with Crippen LogP contribution in [0.1, 0.15) is 41.3 Å². The van der Waals surface area contributed by atoms with E-state index in [0.29, 0.717) is 6.04 Å². The molecule has 1 aliphatic rings. The molecule has 0 radical (unpaired) electrons. The Morgan fingerprint density at radius 1 is 1.33 bits per heavy atom. The quantitative estimate of drug-likeness (QED) is 0.693. The zero-order chi connectivity index (χ0) is 14.7. The van der Waals surface area contributed by atoms with E-state index in [2.05, 4.69) is 58.2 Å². The van der Waals surface area contributed by atoms with Gasteiger partial charge < -0.3 is 10.4 Å². The molecule has 2 aromatic rings. The van der Waals surface area contributed by atoms with Crippen LogP contribution < -0.4 is 5.32 Å². The molecule has 3 rings (SSSR count). The average Bonchev–Trinajstić information content (AvgIpc) is 2.87. The van der Waals surface area contributed by atoms with Gasteiger partial charge in [0.1, 0.15) is 0 Å². The first-order chi connectivity index (χ1) is 10.3. The molecule has 0 aliphatic heterocycles. The third-order valence-electron chi connectivity index (χ3n) is 3.98. The van der Waals surface area contributed by atoms with Crippen molar-refractivity contribution in [3.05, 3.63) is 49.2 Å². The van der Waals surface area contributed by atoms with Gasteiger partial charge in [-0.3, -0.25) is 0 Å². The van der Waals surface area contributed by atoms with Gasteiger partial charge in [0.05, 0.1) is 8.93 Å². The fourth-order valence-corrected chi connectivity index (χ4v) is 5.09. The van der Waals surface area contributed by atoms with E-state index in [1.807, 2.05) is 11.3 Å². The summed E-state index contributed by atoms with van der Waals surface area (Å²) in [5, 5.41) is 12.7. The molecule has 0 bridgehead atoms. The van der Waals surface area contributed by atoms with Gasteiger partial charge >= 0.3 is 0 Å². The van der Waals surface area contributed by atoms with E-state index < -0.39 is 0 Å². The molecule has 0 fully saturated rings. The number of nitrogens with one attached hydrogen (secondary N) is 1. The Hall–Kier alpha value is -0.590. The monoisotopic (exact) mass is 413 g/mol. The largest absolute Gasteiger partial charge is 0.396 e. The molecule has 1 unspecified atom stereocenters. The Bertz CT molecular complexity index is 611. The summed E-state index contributed by atoms with van der Waals surface area (Å²) in [6.45, 7) is 0.261. The van der Waals surface area contributed by atoms with Gasteiger partial charge in [0, 0.05) is 17.2 Å². The van der Waals surface area contributed by atoms with Crippen LogP contribution in [-0.4, -0.2) is 11.7 Å². The van der Waals surface area contributed by atoms with Gasteiger partial charge in [0.2, 0.25) is 0 Å². The molecule has 1 heterocycles. The summed E-state index contributed by atoms with van der Waals surface area (Å²) in [6.07, 6.45) is 5.49. The molecule has 1 aromatic carbocycles. The summed E-state index contributed by atoms with van der Waals surface area (Å²) in [6, 6.07) is 11.4. The third-order valence-corrected chi connectivity index (χ3v) is 5.95. The van der Waals surface area contributed by atoms with Gasteiger partial charge in [-0.05, 0) is 84.0 Å². The first kappa shape index (κ1) is 15.3. The number of hydrogen-bond donors (Lipinski definition) is 2. The van der Waals surface area contributed by atoms with Crippen LogP contribution in [0.5, 0.6) is 0 Å². The van der Waals surface area contributed by atoms with E-state index in [1.165, 1.54) is 39.0 Å². The number of aryl methyl sites for hydroxylation is 2. The molecular weight excluding hydrogens is 393 g/mol. The molecule has 112 valence electrons. The molecule has 21 heavy (non-hydrogen) atoms. The molecule has 2 N–H and O–H groups in total. The molecule has 1 atom stereocenters. The second-order valence-corrected chi connectivity index (χ2v) is 8.58. The predicted molar refractivity (Wildman–Crippen MR) is 98.2 cm³/mol. The van der Waals surface area contributed by atoms with Crippen molar-refractivity contribution >= 4 is 39.6 Å². The van der Waals surface area contributed by atoms with E-state index in [4.69, 9.17) is 5.11 Å². The molecule has 0 amide bonds. The number of thiophene rings is 1. The third kappa shape index (κ3) is 3.79. The van der Waals surface area contributed by atoms with Crippen LogP contribution in [-0.2, 0) is 12.8 Å². The first-order valence-corrected chi connectivity index (χ1v) is 9.40. The van der Waals surface area contributed by atoms with E-state index in [9.17, 15) is 0 Å². The number of rotatable bonds is 5. The standard InChI is InChI=1S/C17H20INOS/c18-17-11-14-15(7-2-8-16(14)21-17)19-13-6-1-4-12(10-13)5-3-9-20/h1,4,6,10-11,15,19-20H,2-3,5,7-9H2. The second kappa shape index (κ2) is 7.11. The van der Waals surface area contributed by atoms with Crippen LogP contribution in [0.3, 0.4) is 0 Å². The number of hydrogen-bond acceptors (Lipinski definition) is 3. The zero-order valence-corrected chi connectivity index (χ0v) is 14.9. The topological polar surface area (TPSA) is 32.3 Å². The van der Waals surface area contributed by atoms with Gasteiger partial charge in [0.25, 0.3) is 0 Å². The van der Waals surface area contributed by atoms with Crippen molar-refractivity contribution < 1.29 is 5.11 Å². The lowest BCUT2D eigenvalue weighted by Gasteiger charge is -2.25. The lowest BCUT2D eigenvalue weighted by atomic mass is 9.93. The minimum Gasteiger partial charge on any atom is -0.396 e. The van der Waals surface area contributed by atoms with E-state index in [1.54, 1.807) is 4.88 Å². The van der Waals surface area contributed by atoms with E-state index in [0.717, 1.165) is 12.8 Å². The molecule has 1 aromatic heterocycles. The maximum Gasteiger partial charge on any atom is 0.0660 e. The Morgan fingerprint density at radius 2 is 2.24 bits per heavy atom. The van der Waals surface area contributed by atoms with Crippen molar-refractivity contribution in [1.29, 1.82) is 0 Å². The van der Waals surface area contributed by atoms with Crippen molar-refractivity contribution in [3.63, 3.8) is 0 Å². The van der Waals surface area contributed by atoms with E-state index in [-0.39, 0.29) is 6.61 Å². The van der Waals surface area contributed by atoms with Crippen molar-refractivity contribution in [2.24, 2.45) is 0 Å². The zero-order valence-electron chi connectivity index (χ0n) is 11.9. The van der Waals surface area contributed by atoms with Crippen LogP contribution in [0.25, 0.3) is 0 Å². The smallest absolute Gasteiger partial charge is 0.0660 e. The number of fused-ring (bicyclic) bond motifs is 1. The van der Waals surface area contributed by atoms with Crippen LogP contribution in [0.15, 0.2) is 30.3 Å². The molecular formula is C17H20INOS. The fourth-order valence-electron chi connectivity index (χ4n) is 2.97. The van der Waals surface area contributed by atoms with E-state index >= 15 is 0 Å². The Balaban J connectivity index is 1.75. The van der Waals surface area contributed by atoms with Crippen LogP contribution in [0, 0.1) is 2.88 Å². The van der Waals surface area contributed by atoms with Gasteiger partial charge in [-0.1, -0.05) is 12.1 Å². The highest BCUT2D eigenvalue weighted by molar-refractivity contribution is 14.1. The number of anilines is 1. The summed E-state index contributed by atoms with van der Waals surface area (Å²) in [5.41, 5.74) is 3.99. The molecule has 1 aliphatic carbocycles. The number of benzene rings is 1. The number of aliphatic hydroxyl groups excluding tert-OH is 1. The molecule has 0 saturated heterocycles. The highest BCUT2D eigenvalue weighted by atomic mass is 127. The highest BCUT2D eigenvalue weighted by Crippen LogP contribution is 2.38. The highest BCUT2D eigenvalue weighted by Gasteiger charge is 2.22. The van der Waals surface area contributed by atoms with Crippen LogP contribution >= 0.6 is 33.9 Å². The summed E-state index contributed by atoms with van der Waals surface area (Å²) in [7, 11) is 0. The Morgan fingerprint density at radius 3 is 3.10 bits per heavy atom. The predicted octanol–water partition coefficient (Wildman–Crippen LogP) is 4.77. The minimum atomic E-state index is 0.261. The second-order valence-electron chi connectivity index (χ2n) is 5.55. The first-order valence-electron chi connectivity index (χ1n) is 7.50. The van der Waals surface area contributed by atoms with Crippen molar-refractivity contribution in [3.8, 4) is 0 Å². The van der Waals surface area contributed by atoms with Crippen molar-refractivity contribution in [2.45, 2.75) is 38.1 Å². The SMILES string of the molecule is OCCCc1cccc(NC2CCCc3sc(I)cc32)c1. The van der Waals surface area contributed by atoms with Gasteiger partial charge in [0.15, 0.2) is 0 Å².